The van der Waals surface area contributed by atoms with Crippen molar-refractivity contribution in [3.63, 3.8) is 0 Å². The maximum Gasteiger partial charge on any atom is 0.322 e. The van der Waals surface area contributed by atoms with Gasteiger partial charge in [0.05, 0.1) is 13.7 Å². The van der Waals surface area contributed by atoms with Crippen molar-refractivity contribution < 1.29 is 23.9 Å². The van der Waals surface area contributed by atoms with Gasteiger partial charge in [-0.05, 0) is 43.9 Å². The smallest absolute Gasteiger partial charge is 0.322 e. The summed E-state index contributed by atoms with van der Waals surface area (Å²) in [6.45, 7) is 2.55. The first-order chi connectivity index (χ1) is 13.3. The Labute approximate surface area is 162 Å². The highest BCUT2D eigenvalue weighted by atomic mass is 16.5. The Hall–Kier alpha value is -3.10. The van der Waals surface area contributed by atoms with Crippen LogP contribution in [0.4, 0.5) is 4.79 Å². The second-order valence-electron chi connectivity index (χ2n) is 7.18. The number of urea groups is 1. The number of carbonyl (C=O) groups is 4. The van der Waals surface area contributed by atoms with Gasteiger partial charge >= 0.3 is 6.03 Å². The van der Waals surface area contributed by atoms with Crippen LogP contribution < -0.4 is 20.7 Å². The van der Waals surface area contributed by atoms with Crippen molar-refractivity contribution in [2.75, 3.05) is 26.7 Å². The summed E-state index contributed by atoms with van der Waals surface area (Å²) >= 11 is 0. The largest absolute Gasteiger partial charge is 0.497 e. The van der Waals surface area contributed by atoms with E-state index in [4.69, 9.17) is 4.74 Å². The molecule has 0 aromatic heterocycles. The maximum atomic E-state index is 12.4. The summed E-state index contributed by atoms with van der Waals surface area (Å²) in [7, 11) is 1.52. The van der Waals surface area contributed by atoms with Gasteiger partial charge < -0.3 is 20.3 Å². The average Bonchev–Trinajstić information content (AvgIpc) is 2.98. The molecule has 9 heteroatoms. The van der Waals surface area contributed by atoms with E-state index in [9.17, 15) is 19.2 Å². The summed E-state index contributed by atoms with van der Waals surface area (Å²) in [5.74, 6) is -0.334. The minimum Gasteiger partial charge on any atom is -0.497 e. The van der Waals surface area contributed by atoms with E-state index in [-0.39, 0.29) is 30.2 Å². The van der Waals surface area contributed by atoms with Gasteiger partial charge in [0.15, 0.2) is 0 Å². The van der Waals surface area contributed by atoms with Crippen LogP contribution in [0.15, 0.2) is 24.3 Å². The van der Waals surface area contributed by atoms with Crippen molar-refractivity contribution in [1.29, 1.82) is 0 Å². The number of imide groups is 1. The fourth-order valence-electron chi connectivity index (χ4n) is 3.68. The molecule has 28 heavy (non-hydrogen) atoms. The third-order valence-electron chi connectivity index (χ3n) is 5.47. The molecule has 0 radical (unpaired) electrons. The van der Waals surface area contributed by atoms with E-state index >= 15 is 0 Å². The van der Waals surface area contributed by atoms with Crippen LogP contribution in [-0.2, 0) is 9.59 Å². The first-order valence-corrected chi connectivity index (χ1v) is 9.17. The summed E-state index contributed by atoms with van der Waals surface area (Å²) < 4.78 is 5.09. The van der Waals surface area contributed by atoms with Gasteiger partial charge in [0.25, 0.3) is 11.8 Å². The summed E-state index contributed by atoms with van der Waals surface area (Å²) in [6.07, 6.45) is 1.19. The molecule has 1 aromatic rings. The van der Waals surface area contributed by atoms with Gasteiger partial charge in [-0.3, -0.25) is 19.7 Å². The van der Waals surface area contributed by atoms with Crippen molar-refractivity contribution in [2.24, 2.45) is 5.92 Å². The third-order valence-corrected chi connectivity index (χ3v) is 5.47. The minimum atomic E-state index is -0.938. The number of amides is 5. The molecule has 2 fully saturated rings. The lowest BCUT2D eigenvalue weighted by Gasteiger charge is -2.38. The monoisotopic (exact) mass is 388 g/mol. The highest BCUT2D eigenvalue weighted by Gasteiger charge is 2.48. The Kier molecular flexibility index (Phi) is 5.53. The zero-order valence-electron chi connectivity index (χ0n) is 15.9. The quantitative estimate of drug-likeness (QED) is 0.626. The molecule has 2 heterocycles. The maximum absolute atomic E-state index is 12.4. The number of methoxy groups -OCH3 is 1. The Morgan fingerprint density at radius 1 is 1.29 bits per heavy atom. The predicted octanol–water partition coefficient (Wildman–Crippen LogP) is 0.262. The topological polar surface area (TPSA) is 117 Å². The Morgan fingerprint density at radius 2 is 2.00 bits per heavy atom. The molecule has 2 saturated heterocycles. The molecular formula is C19H24N4O5. The van der Waals surface area contributed by atoms with Crippen LogP contribution in [0.5, 0.6) is 5.75 Å². The molecular weight excluding hydrogens is 364 g/mol. The van der Waals surface area contributed by atoms with Gasteiger partial charge in [-0.15, -0.1) is 0 Å². The second kappa shape index (κ2) is 7.87. The molecule has 3 N–H and O–H groups in total. The fraction of sp³-hybridized carbons (Fsp3) is 0.474. The van der Waals surface area contributed by atoms with Crippen molar-refractivity contribution in [3.8, 4) is 5.75 Å². The molecule has 0 saturated carbocycles. The molecule has 1 atom stereocenters. The van der Waals surface area contributed by atoms with Gasteiger partial charge in [0, 0.05) is 18.7 Å². The van der Waals surface area contributed by atoms with E-state index in [0.717, 1.165) is 0 Å². The van der Waals surface area contributed by atoms with Gasteiger partial charge in [0.2, 0.25) is 5.91 Å². The lowest BCUT2D eigenvalue weighted by molar-refractivity contribution is -0.132. The number of piperidine rings is 1. The van der Waals surface area contributed by atoms with Crippen LogP contribution in [0.1, 0.15) is 30.1 Å². The number of nitrogens with one attached hydrogen (secondary N) is 3. The number of hydrogen-bond acceptors (Lipinski definition) is 5. The summed E-state index contributed by atoms with van der Waals surface area (Å²) in [4.78, 5) is 49.8. The van der Waals surface area contributed by atoms with Crippen LogP contribution in [-0.4, -0.2) is 60.9 Å². The highest BCUT2D eigenvalue weighted by molar-refractivity contribution is 6.07. The first-order valence-electron chi connectivity index (χ1n) is 9.17. The number of ether oxygens (including phenoxy) is 1. The number of carbonyl (C=O) groups excluding carboxylic acids is 4. The number of rotatable bonds is 5. The molecule has 9 nitrogen and oxygen atoms in total. The zero-order chi connectivity index (χ0) is 20.3. The number of hydrogen-bond donors (Lipinski definition) is 3. The number of likely N-dealkylation sites (tertiary alicyclic amines) is 1. The number of nitrogens with zero attached hydrogens (tertiary/aromatic N) is 1. The number of benzene rings is 1. The molecule has 1 aromatic carbocycles. The molecule has 5 amide bonds. The van der Waals surface area contributed by atoms with Crippen molar-refractivity contribution in [3.05, 3.63) is 29.8 Å². The normalized spacial score (nSPS) is 22.4. The predicted molar refractivity (Wildman–Crippen MR) is 99.7 cm³/mol. The Balaban J connectivity index is 1.49. The lowest BCUT2D eigenvalue weighted by atomic mass is 9.79. The fourth-order valence-corrected chi connectivity index (χ4v) is 3.68. The van der Waals surface area contributed by atoms with Crippen LogP contribution in [0.3, 0.4) is 0 Å². The van der Waals surface area contributed by atoms with Gasteiger partial charge in [0.1, 0.15) is 11.3 Å². The standard InChI is InChI=1S/C19H24N4O5/c1-19(17(26)21-18(27)22-19)13-6-8-23(9-7-13)15(24)11-20-16(25)12-4-3-5-14(10-12)28-2/h3-5,10,13H,6-9,11H2,1-2H3,(H,20,25)(H2,21,22,26,27)/t19-/m0/s1. The van der Waals surface area contributed by atoms with E-state index in [1.165, 1.54) is 7.11 Å². The van der Waals surface area contributed by atoms with E-state index < -0.39 is 11.6 Å². The highest BCUT2D eigenvalue weighted by Crippen LogP contribution is 2.30. The van der Waals surface area contributed by atoms with Crippen LogP contribution in [0, 0.1) is 5.92 Å². The minimum absolute atomic E-state index is 0.0469. The third kappa shape index (κ3) is 3.92. The second-order valence-corrected chi connectivity index (χ2v) is 7.18. The molecule has 0 bridgehead atoms. The van der Waals surface area contributed by atoms with Crippen molar-refractivity contribution >= 4 is 23.8 Å². The van der Waals surface area contributed by atoms with Crippen LogP contribution >= 0.6 is 0 Å². The van der Waals surface area contributed by atoms with Crippen molar-refractivity contribution in [1.82, 2.24) is 20.9 Å². The SMILES string of the molecule is COc1cccc(C(=O)NCC(=O)N2CCC([C@]3(C)NC(=O)NC3=O)CC2)c1. The molecule has 0 aliphatic carbocycles. The van der Waals surface area contributed by atoms with E-state index in [1.54, 1.807) is 36.1 Å². The van der Waals surface area contributed by atoms with Gasteiger partial charge in [-0.2, -0.15) is 0 Å². The van der Waals surface area contributed by atoms with E-state index in [2.05, 4.69) is 16.0 Å². The first kappa shape index (κ1) is 19.7. The molecule has 150 valence electrons. The van der Waals surface area contributed by atoms with Gasteiger partial charge in [-0.25, -0.2) is 4.79 Å². The molecule has 2 aliphatic heterocycles. The van der Waals surface area contributed by atoms with E-state index in [0.29, 0.717) is 37.2 Å². The van der Waals surface area contributed by atoms with E-state index in [1.807, 2.05) is 0 Å². The molecule has 3 rings (SSSR count). The summed E-state index contributed by atoms with van der Waals surface area (Å²) in [6, 6.07) is 6.22. The van der Waals surface area contributed by atoms with Crippen LogP contribution in [0.2, 0.25) is 0 Å². The average molecular weight is 388 g/mol. The summed E-state index contributed by atoms with van der Waals surface area (Å²) in [5, 5.41) is 7.59. The van der Waals surface area contributed by atoms with Crippen molar-refractivity contribution in [2.45, 2.75) is 25.3 Å². The summed E-state index contributed by atoms with van der Waals surface area (Å²) in [5.41, 5.74) is -0.519. The Morgan fingerprint density at radius 3 is 2.61 bits per heavy atom. The Bertz CT molecular complexity index is 803. The van der Waals surface area contributed by atoms with Crippen LogP contribution in [0.25, 0.3) is 0 Å². The lowest BCUT2D eigenvalue weighted by Crippen LogP contribution is -2.55. The molecule has 0 spiro atoms. The zero-order valence-corrected chi connectivity index (χ0v) is 15.9. The molecule has 2 aliphatic rings. The van der Waals surface area contributed by atoms with Gasteiger partial charge in [-0.1, -0.05) is 6.07 Å². The molecule has 0 unspecified atom stereocenters.